The average molecular weight is 507 g/mol. The molecular weight excluding hydrogens is 484 g/mol. The SMILES string of the molecule is COc1ccc(Cn2cnc3c(-n4ccc5c(OC(N)=O)nccc54)nc(-c4cccc(C)n4)nc32)cc1. The van der Waals surface area contributed by atoms with Crippen molar-refractivity contribution in [3.8, 4) is 29.0 Å². The third kappa shape index (κ3) is 4.15. The number of nitrogens with zero attached hydrogens (tertiary/aromatic N) is 7. The number of imidazole rings is 1. The zero-order chi connectivity index (χ0) is 26.2. The predicted octanol–water partition coefficient (Wildman–Crippen LogP) is 4.05. The molecule has 6 rings (SSSR count). The van der Waals surface area contributed by atoms with Gasteiger partial charge in [-0.25, -0.2) is 29.7 Å². The first-order valence-electron chi connectivity index (χ1n) is 11.7. The van der Waals surface area contributed by atoms with E-state index < -0.39 is 6.09 Å². The normalized spacial score (nSPS) is 11.2. The second-order valence-electron chi connectivity index (χ2n) is 8.58. The number of methoxy groups -OCH3 is 1. The van der Waals surface area contributed by atoms with E-state index in [1.807, 2.05) is 64.7 Å². The van der Waals surface area contributed by atoms with Crippen LogP contribution in [0, 0.1) is 6.92 Å². The molecule has 6 aromatic rings. The zero-order valence-corrected chi connectivity index (χ0v) is 20.6. The standard InChI is InChI=1S/C27H22N8O3/c1-16-4-3-5-20(31-16)23-32-24-22(30-15-34(24)14-17-6-8-18(37-2)9-7-17)25(33-23)35-13-11-19-21(35)10-12-29-26(19)38-27(28)36/h3-13,15H,14H2,1-2H3,(H2,28,36). The van der Waals surface area contributed by atoms with Crippen molar-refractivity contribution in [2.24, 2.45) is 5.73 Å². The van der Waals surface area contributed by atoms with Crippen molar-refractivity contribution in [1.82, 2.24) is 34.1 Å². The minimum atomic E-state index is -0.938. The number of carbonyl (C=O) groups is 1. The van der Waals surface area contributed by atoms with Crippen LogP contribution < -0.4 is 15.2 Å². The largest absolute Gasteiger partial charge is 0.497 e. The maximum Gasteiger partial charge on any atom is 0.411 e. The summed E-state index contributed by atoms with van der Waals surface area (Å²) in [5.74, 6) is 1.91. The summed E-state index contributed by atoms with van der Waals surface area (Å²) < 4.78 is 14.2. The van der Waals surface area contributed by atoms with Crippen LogP contribution in [0.25, 0.3) is 39.4 Å². The van der Waals surface area contributed by atoms with Crippen molar-refractivity contribution in [1.29, 1.82) is 0 Å². The monoisotopic (exact) mass is 506 g/mol. The lowest BCUT2D eigenvalue weighted by molar-refractivity contribution is 0.209. The van der Waals surface area contributed by atoms with Gasteiger partial charge in [-0.3, -0.25) is 4.57 Å². The van der Waals surface area contributed by atoms with E-state index in [0.29, 0.717) is 45.9 Å². The van der Waals surface area contributed by atoms with Gasteiger partial charge in [0.05, 0.1) is 30.9 Å². The molecule has 0 aliphatic carbocycles. The van der Waals surface area contributed by atoms with E-state index in [4.69, 9.17) is 25.2 Å². The maximum atomic E-state index is 11.4. The molecule has 0 aliphatic heterocycles. The zero-order valence-electron chi connectivity index (χ0n) is 20.6. The average Bonchev–Trinajstić information content (AvgIpc) is 3.53. The van der Waals surface area contributed by atoms with Crippen molar-refractivity contribution in [3.05, 3.63) is 84.6 Å². The number of aryl methyl sites for hydroxylation is 1. The number of fused-ring (bicyclic) bond motifs is 2. The Hall–Kier alpha value is -5.32. The Morgan fingerprint density at radius 2 is 1.84 bits per heavy atom. The molecule has 1 amide bonds. The second kappa shape index (κ2) is 9.28. The van der Waals surface area contributed by atoms with E-state index in [1.165, 1.54) is 0 Å². The minimum absolute atomic E-state index is 0.115. The number of ether oxygens (including phenoxy) is 2. The van der Waals surface area contributed by atoms with Crippen LogP contribution in [-0.4, -0.2) is 47.3 Å². The highest BCUT2D eigenvalue weighted by molar-refractivity contribution is 5.90. The summed E-state index contributed by atoms with van der Waals surface area (Å²) in [5.41, 5.74) is 9.74. The minimum Gasteiger partial charge on any atom is -0.497 e. The number of nitrogens with two attached hydrogens (primary N) is 1. The van der Waals surface area contributed by atoms with Gasteiger partial charge < -0.3 is 19.8 Å². The van der Waals surface area contributed by atoms with Crippen molar-refractivity contribution in [2.45, 2.75) is 13.5 Å². The first kappa shape index (κ1) is 23.1. The Morgan fingerprint density at radius 3 is 2.61 bits per heavy atom. The summed E-state index contributed by atoms with van der Waals surface area (Å²) >= 11 is 0. The summed E-state index contributed by atoms with van der Waals surface area (Å²) in [6.07, 6.45) is 4.17. The summed E-state index contributed by atoms with van der Waals surface area (Å²) in [7, 11) is 1.64. The van der Waals surface area contributed by atoms with Crippen molar-refractivity contribution in [2.75, 3.05) is 7.11 Å². The predicted molar refractivity (Wildman–Crippen MR) is 140 cm³/mol. The summed E-state index contributed by atoms with van der Waals surface area (Å²) in [5, 5.41) is 0.603. The number of aromatic nitrogens is 7. The highest BCUT2D eigenvalue weighted by Gasteiger charge is 2.19. The van der Waals surface area contributed by atoms with E-state index in [1.54, 1.807) is 31.8 Å². The van der Waals surface area contributed by atoms with Crippen molar-refractivity contribution < 1.29 is 14.3 Å². The van der Waals surface area contributed by atoms with Gasteiger partial charge in [0.1, 0.15) is 11.4 Å². The summed E-state index contributed by atoms with van der Waals surface area (Å²) in [6, 6.07) is 17.1. The number of pyridine rings is 2. The van der Waals surface area contributed by atoms with Crippen LogP contribution in [-0.2, 0) is 6.54 Å². The van der Waals surface area contributed by atoms with Crippen LogP contribution in [0.2, 0.25) is 0 Å². The van der Waals surface area contributed by atoms with Crippen LogP contribution in [0.1, 0.15) is 11.3 Å². The van der Waals surface area contributed by atoms with Gasteiger partial charge in [0, 0.05) is 18.1 Å². The van der Waals surface area contributed by atoms with Gasteiger partial charge in [0.2, 0.25) is 5.88 Å². The van der Waals surface area contributed by atoms with Crippen molar-refractivity contribution in [3.63, 3.8) is 0 Å². The van der Waals surface area contributed by atoms with Gasteiger partial charge in [-0.2, -0.15) is 0 Å². The number of carbonyl (C=O) groups excluding carboxylic acids is 1. The molecule has 0 atom stereocenters. The van der Waals surface area contributed by atoms with E-state index in [-0.39, 0.29) is 5.88 Å². The Morgan fingerprint density at radius 1 is 1.00 bits per heavy atom. The van der Waals surface area contributed by atoms with Crippen LogP contribution in [0.5, 0.6) is 11.6 Å². The van der Waals surface area contributed by atoms with E-state index in [2.05, 4.69) is 15.0 Å². The van der Waals surface area contributed by atoms with Gasteiger partial charge in [0.15, 0.2) is 22.8 Å². The summed E-state index contributed by atoms with van der Waals surface area (Å²) in [4.78, 5) is 34.6. The molecule has 0 radical (unpaired) electrons. The summed E-state index contributed by atoms with van der Waals surface area (Å²) in [6.45, 7) is 2.47. The third-order valence-corrected chi connectivity index (χ3v) is 6.08. The molecule has 0 aliphatic rings. The number of hydrogen-bond donors (Lipinski definition) is 1. The van der Waals surface area contributed by atoms with Crippen molar-refractivity contribution >= 4 is 28.2 Å². The molecule has 2 N–H and O–H groups in total. The lowest BCUT2D eigenvalue weighted by atomic mass is 10.2. The molecule has 0 saturated carbocycles. The molecular formula is C27H22N8O3. The first-order chi connectivity index (χ1) is 18.5. The fourth-order valence-corrected chi connectivity index (χ4v) is 4.32. The molecule has 0 fully saturated rings. The quantitative estimate of drug-likeness (QED) is 0.357. The number of rotatable bonds is 6. The van der Waals surface area contributed by atoms with Gasteiger partial charge in [-0.1, -0.05) is 18.2 Å². The molecule has 1 aromatic carbocycles. The Labute approximate surface area is 216 Å². The van der Waals surface area contributed by atoms with Gasteiger partial charge >= 0.3 is 6.09 Å². The molecule has 38 heavy (non-hydrogen) atoms. The van der Waals surface area contributed by atoms with Crippen LogP contribution in [0.4, 0.5) is 4.79 Å². The Bertz CT molecular complexity index is 1810. The van der Waals surface area contributed by atoms with Gasteiger partial charge in [0.25, 0.3) is 0 Å². The highest BCUT2D eigenvalue weighted by atomic mass is 16.6. The molecule has 188 valence electrons. The fourth-order valence-electron chi connectivity index (χ4n) is 4.32. The van der Waals surface area contributed by atoms with Crippen LogP contribution in [0.15, 0.2) is 73.3 Å². The molecule has 0 unspecified atom stereocenters. The van der Waals surface area contributed by atoms with Crippen LogP contribution >= 0.6 is 0 Å². The number of benzene rings is 1. The smallest absolute Gasteiger partial charge is 0.411 e. The topological polar surface area (TPSA) is 136 Å². The first-order valence-corrected chi connectivity index (χ1v) is 11.7. The number of hydrogen-bond acceptors (Lipinski definition) is 8. The van der Waals surface area contributed by atoms with Gasteiger partial charge in [-0.05, 0) is 48.9 Å². The van der Waals surface area contributed by atoms with E-state index in [9.17, 15) is 4.79 Å². The lowest BCUT2D eigenvalue weighted by Crippen LogP contribution is -2.17. The van der Waals surface area contributed by atoms with E-state index in [0.717, 1.165) is 17.0 Å². The fraction of sp³-hybridized carbons (Fsp3) is 0.111. The van der Waals surface area contributed by atoms with Crippen LogP contribution in [0.3, 0.4) is 0 Å². The van der Waals surface area contributed by atoms with E-state index >= 15 is 0 Å². The third-order valence-electron chi connectivity index (χ3n) is 6.08. The Kier molecular flexibility index (Phi) is 5.64. The maximum absolute atomic E-state index is 11.4. The molecule has 11 heteroatoms. The molecule has 5 heterocycles. The molecule has 11 nitrogen and oxygen atoms in total. The highest BCUT2D eigenvalue weighted by Crippen LogP contribution is 2.30. The number of primary amides is 1. The molecule has 0 spiro atoms. The second-order valence-corrected chi connectivity index (χ2v) is 8.58. The number of amides is 1. The Balaban J connectivity index is 1.54. The van der Waals surface area contributed by atoms with Gasteiger partial charge in [-0.15, -0.1) is 0 Å². The molecule has 0 saturated heterocycles. The molecule has 0 bridgehead atoms. The molecule has 5 aromatic heterocycles. The lowest BCUT2D eigenvalue weighted by Gasteiger charge is -2.10.